The van der Waals surface area contributed by atoms with Crippen LogP contribution in [0.2, 0.25) is 0 Å². The van der Waals surface area contributed by atoms with Crippen LogP contribution in [0.1, 0.15) is 25.3 Å². The molecule has 5 heteroatoms. The lowest BCUT2D eigenvalue weighted by atomic mass is 10.2. The monoisotopic (exact) mass is 272 g/mol. The van der Waals surface area contributed by atoms with E-state index in [0.717, 1.165) is 33.0 Å². The van der Waals surface area contributed by atoms with Gasteiger partial charge in [-0.1, -0.05) is 36.7 Å². The first-order valence-electron chi connectivity index (χ1n) is 6.53. The fraction of sp³-hybridized carbons (Fsp3) is 0.357. The van der Waals surface area contributed by atoms with E-state index in [-0.39, 0.29) is 0 Å². The van der Waals surface area contributed by atoms with Gasteiger partial charge in [-0.2, -0.15) is 0 Å². The van der Waals surface area contributed by atoms with E-state index in [1.807, 2.05) is 0 Å². The number of aromatic amines is 1. The third-order valence-corrected chi connectivity index (χ3v) is 4.00. The van der Waals surface area contributed by atoms with Crippen LogP contribution in [0, 0.1) is 6.92 Å². The Morgan fingerprint density at radius 2 is 2.16 bits per heavy atom. The van der Waals surface area contributed by atoms with Crippen molar-refractivity contribution in [2.45, 2.75) is 31.8 Å². The van der Waals surface area contributed by atoms with Crippen LogP contribution in [-0.4, -0.2) is 25.9 Å². The van der Waals surface area contributed by atoms with Crippen molar-refractivity contribution in [2.24, 2.45) is 0 Å². The topological polar surface area (TPSA) is 54.5 Å². The first kappa shape index (κ1) is 12.4. The summed E-state index contributed by atoms with van der Waals surface area (Å²) in [7, 11) is 0. The van der Waals surface area contributed by atoms with Crippen LogP contribution in [0.5, 0.6) is 0 Å². The molecule has 0 aliphatic heterocycles. The number of nitrogens with zero attached hydrogens (tertiary/aromatic N) is 3. The molecule has 0 unspecified atom stereocenters. The van der Waals surface area contributed by atoms with Gasteiger partial charge in [-0.25, -0.2) is 4.98 Å². The van der Waals surface area contributed by atoms with Gasteiger partial charge in [-0.15, -0.1) is 10.2 Å². The van der Waals surface area contributed by atoms with Gasteiger partial charge in [0, 0.05) is 16.7 Å². The third-order valence-electron chi connectivity index (χ3n) is 3.08. The van der Waals surface area contributed by atoms with Crippen molar-refractivity contribution < 1.29 is 0 Å². The molecule has 0 atom stereocenters. The van der Waals surface area contributed by atoms with Gasteiger partial charge in [0.25, 0.3) is 0 Å². The minimum absolute atomic E-state index is 0.754. The molecule has 0 radical (unpaired) electrons. The molecule has 1 N–H and O–H groups in total. The van der Waals surface area contributed by atoms with Gasteiger partial charge in [-0.3, -0.25) is 0 Å². The van der Waals surface area contributed by atoms with E-state index in [1.54, 1.807) is 11.8 Å². The van der Waals surface area contributed by atoms with Crippen molar-refractivity contribution in [3.63, 3.8) is 0 Å². The highest BCUT2D eigenvalue weighted by Gasteiger charge is 2.09. The second kappa shape index (κ2) is 5.17. The Labute approximate surface area is 116 Å². The Morgan fingerprint density at radius 1 is 1.26 bits per heavy atom. The zero-order valence-electron chi connectivity index (χ0n) is 11.1. The summed E-state index contributed by atoms with van der Waals surface area (Å²) in [5, 5.41) is 10.4. The fourth-order valence-electron chi connectivity index (χ4n) is 2.04. The normalized spacial score (nSPS) is 11.5. The van der Waals surface area contributed by atoms with E-state index < -0.39 is 0 Å². The van der Waals surface area contributed by atoms with Crippen molar-refractivity contribution in [1.82, 2.24) is 20.2 Å². The molecule has 3 rings (SSSR count). The lowest BCUT2D eigenvalue weighted by Gasteiger charge is -1.97. The van der Waals surface area contributed by atoms with Crippen LogP contribution in [0.25, 0.3) is 22.1 Å². The Kier molecular flexibility index (Phi) is 3.38. The third kappa shape index (κ3) is 2.42. The van der Waals surface area contributed by atoms with Crippen molar-refractivity contribution >= 4 is 33.8 Å². The molecule has 3 aromatic rings. The minimum atomic E-state index is 0.754. The summed E-state index contributed by atoms with van der Waals surface area (Å²) in [6, 6.07) is 6.27. The number of fused-ring (bicyclic) bond motifs is 3. The number of aryl methyl sites for hydroxylation is 1. The molecule has 0 aliphatic carbocycles. The lowest BCUT2D eigenvalue weighted by molar-refractivity contribution is 0.862. The van der Waals surface area contributed by atoms with Crippen LogP contribution in [0.3, 0.4) is 0 Å². The number of thioether (sulfide) groups is 1. The van der Waals surface area contributed by atoms with E-state index in [0.29, 0.717) is 0 Å². The molecule has 0 amide bonds. The summed E-state index contributed by atoms with van der Waals surface area (Å²) in [4.78, 5) is 7.86. The number of hydrogen-bond donors (Lipinski definition) is 1. The van der Waals surface area contributed by atoms with E-state index >= 15 is 0 Å². The molecule has 0 saturated heterocycles. The average molecular weight is 272 g/mol. The highest BCUT2D eigenvalue weighted by molar-refractivity contribution is 7.99. The summed E-state index contributed by atoms with van der Waals surface area (Å²) in [5.74, 6) is 1.04. The second-order valence-electron chi connectivity index (χ2n) is 4.67. The number of H-pyrrole nitrogens is 1. The fourth-order valence-corrected chi connectivity index (χ4v) is 2.91. The Bertz CT molecular complexity index is 720. The highest BCUT2D eigenvalue weighted by Crippen LogP contribution is 2.24. The Morgan fingerprint density at radius 3 is 3.00 bits per heavy atom. The number of nitrogens with one attached hydrogen (secondary N) is 1. The van der Waals surface area contributed by atoms with Crippen molar-refractivity contribution in [3.8, 4) is 0 Å². The van der Waals surface area contributed by atoms with E-state index in [2.05, 4.69) is 52.2 Å². The molecule has 0 fully saturated rings. The predicted octanol–water partition coefficient (Wildman–Crippen LogP) is 3.71. The van der Waals surface area contributed by atoms with Crippen molar-refractivity contribution in [3.05, 3.63) is 23.8 Å². The molecule has 1 aromatic carbocycles. The van der Waals surface area contributed by atoms with Gasteiger partial charge >= 0.3 is 0 Å². The maximum Gasteiger partial charge on any atom is 0.211 e. The van der Waals surface area contributed by atoms with Gasteiger partial charge in [0.1, 0.15) is 5.52 Å². The van der Waals surface area contributed by atoms with Crippen LogP contribution in [-0.2, 0) is 0 Å². The van der Waals surface area contributed by atoms with Crippen molar-refractivity contribution in [2.75, 3.05) is 5.75 Å². The molecule has 0 aliphatic rings. The van der Waals surface area contributed by atoms with Crippen LogP contribution in [0.4, 0.5) is 0 Å². The maximum atomic E-state index is 4.55. The largest absolute Gasteiger partial charge is 0.338 e. The van der Waals surface area contributed by atoms with Gasteiger partial charge in [0.2, 0.25) is 5.16 Å². The van der Waals surface area contributed by atoms with Gasteiger partial charge in [0.05, 0.1) is 0 Å². The number of unbranched alkanes of at least 4 members (excludes halogenated alkanes) is 1. The molecule has 19 heavy (non-hydrogen) atoms. The summed E-state index contributed by atoms with van der Waals surface area (Å²) in [6.45, 7) is 4.26. The molecule has 98 valence electrons. The van der Waals surface area contributed by atoms with E-state index in [1.165, 1.54) is 18.4 Å². The molecule has 0 spiro atoms. The highest BCUT2D eigenvalue weighted by atomic mass is 32.2. The second-order valence-corrected chi connectivity index (χ2v) is 5.73. The van der Waals surface area contributed by atoms with E-state index in [9.17, 15) is 0 Å². The molecule has 0 bridgehead atoms. The van der Waals surface area contributed by atoms with Gasteiger partial charge in [0.15, 0.2) is 5.65 Å². The molecule has 2 aromatic heterocycles. The number of aromatic nitrogens is 4. The first-order valence-corrected chi connectivity index (χ1v) is 7.52. The van der Waals surface area contributed by atoms with Gasteiger partial charge in [-0.05, 0) is 25.5 Å². The lowest BCUT2D eigenvalue weighted by Crippen LogP contribution is -1.92. The van der Waals surface area contributed by atoms with Crippen LogP contribution >= 0.6 is 11.8 Å². The van der Waals surface area contributed by atoms with Gasteiger partial charge < -0.3 is 4.98 Å². The molecule has 2 heterocycles. The van der Waals surface area contributed by atoms with E-state index in [4.69, 9.17) is 0 Å². The minimum Gasteiger partial charge on any atom is -0.338 e. The molecular formula is C14H16N4S. The molecular weight excluding hydrogens is 256 g/mol. The number of hydrogen-bond acceptors (Lipinski definition) is 4. The standard InChI is InChI=1S/C14H16N4S/c1-3-4-7-19-14-16-13-12(17-18-14)10-8-9(2)5-6-11(10)15-13/h5-6,8H,3-4,7H2,1-2H3,(H,15,16,18). The Hall–Kier alpha value is -1.62. The maximum absolute atomic E-state index is 4.55. The summed E-state index contributed by atoms with van der Waals surface area (Å²) in [6.07, 6.45) is 2.37. The smallest absolute Gasteiger partial charge is 0.211 e. The quantitative estimate of drug-likeness (QED) is 0.581. The van der Waals surface area contributed by atoms with Crippen LogP contribution in [0.15, 0.2) is 23.4 Å². The zero-order valence-corrected chi connectivity index (χ0v) is 11.9. The SMILES string of the molecule is CCCCSc1nnc2c(n1)[nH]c1ccc(C)cc12. The Balaban J connectivity index is 2.01. The summed E-state index contributed by atoms with van der Waals surface area (Å²) < 4.78 is 0. The first-order chi connectivity index (χ1) is 9.28. The predicted molar refractivity (Wildman–Crippen MR) is 79.6 cm³/mol. The number of benzene rings is 1. The average Bonchev–Trinajstić information content (AvgIpc) is 2.76. The van der Waals surface area contributed by atoms with Crippen LogP contribution < -0.4 is 0 Å². The summed E-state index contributed by atoms with van der Waals surface area (Å²) >= 11 is 1.67. The molecule has 4 nitrogen and oxygen atoms in total. The van der Waals surface area contributed by atoms with Crippen molar-refractivity contribution in [1.29, 1.82) is 0 Å². The summed E-state index contributed by atoms with van der Waals surface area (Å²) in [5.41, 5.74) is 3.97. The molecule has 0 saturated carbocycles. The zero-order chi connectivity index (χ0) is 13.2. The number of rotatable bonds is 4.